The molecule has 4 atom stereocenters. The predicted octanol–water partition coefficient (Wildman–Crippen LogP) is 3.76. The van der Waals surface area contributed by atoms with E-state index in [1.54, 1.807) is 0 Å². The number of rotatable bonds is 1. The maximum Gasteiger partial charge on any atom is 0.457 e. The summed E-state index contributed by atoms with van der Waals surface area (Å²) in [6.45, 7) is 13.2. The largest absolute Gasteiger partial charge is 0.457 e. The Morgan fingerprint density at radius 2 is 1.82 bits per heavy atom. The van der Waals surface area contributed by atoms with Gasteiger partial charge in [-0.15, -0.1) is 0 Å². The van der Waals surface area contributed by atoms with Gasteiger partial charge in [0.05, 0.1) is 11.7 Å². The maximum absolute atomic E-state index is 6.17. The van der Waals surface area contributed by atoms with Crippen LogP contribution in [0.1, 0.15) is 54.4 Å². The second kappa shape index (κ2) is 4.27. The Balaban J connectivity index is 0.000000514. The van der Waals surface area contributed by atoms with Gasteiger partial charge in [-0.25, -0.2) is 0 Å². The molecule has 98 valence electrons. The molecule has 3 aliphatic carbocycles. The number of hydrogen-bond donors (Lipinski definition) is 0. The maximum atomic E-state index is 6.17. The molecule has 2 bridgehead atoms. The molecule has 1 heterocycles. The van der Waals surface area contributed by atoms with Gasteiger partial charge in [0, 0.05) is 0 Å². The monoisotopic (exact) mass is 238 g/mol. The van der Waals surface area contributed by atoms with E-state index in [9.17, 15) is 0 Å². The van der Waals surface area contributed by atoms with Crippen LogP contribution in [0.2, 0.25) is 6.32 Å². The van der Waals surface area contributed by atoms with E-state index >= 15 is 0 Å². The second-order valence-electron chi connectivity index (χ2n) is 6.31. The van der Waals surface area contributed by atoms with Gasteiger partial charge in [0.1, 0.15) is 0 Å². The molecule has 4 aliphatic rings. The summed E-state index contributed by atoms with van der Waals surface area (Å²) in [6.07, 6.45) is 3.89. The van der Waals surface area contributed by atoms with E-state index in [0.717, 1.165) is 12.2 Å². The highest BCUT2D eigenvalue weighted by molar-refractivity contribution is 6.45. The van der Waals surface area contributed by atoms with E-state index in [-0.39, 0.29) is 12.7 Å². The van der Waals surface area contributed by atoms with Crippen molar-refractivity contribution >= 4 is 7.12 Å². The molecule has 0 N–H and O–H groups in total. The van der Waals surface area contributed by atoms with Crippen LogP contribution in [0, 0.1) is 17.3 Å². The molecule has 0 aromatic carbocycles. The van der Waals surface area contributed by atoms with Crippen LogP contribution in [0.3, 0.4) is 0 Å². The number of hydrogen-bond acceptors (Lipinski definition) is 2. The normalized spacial score (nSPS) is 45.5. The molecule has 4 unspecified atom stereocenters. The topological polar surface area (TPSA) is 18.5 Å². The van der Waals surface area contributed by atoms with Crippen molar-refractivity contribution in [2.75, 3.05) is 0 Å². The van der Waals surface area contributed by atoms with Crippen LogP contribution in [-0.4, -0.2) is 18.8 Å². The average molecular weight is 238 g/mol. The Labute approximate surface area is 107 Å². The van der Waals surface area contributed by atoms with Gasteiger partial charge in [-0.3, -0.25) is 0 Å². The van der Waals surface area contributed by atoms with E-state index in [1.807, 2.05) is 13.8 Å². The van der Waals surface area contributed by atoms with Crippen molar-refractivity contribution < 1.29 is 9.31 Å². The fraction of sp³-hybridized carbons (Fsp3) is 1.00. The fourth-order valence-corrected chi connectivity index (χ4v) is 4.13. The van der Waals surface area contributed by atoms with Gasteiger partial charge in [-0.05, 0) is 43.3 Å². The summed E-state index contributed by atoms with van der Waals surface area (Å²) >= 11 is 0. The van der Waals surface area contributed by atoms with Gasteiger partial charge in [-0.2, -0.15) is 0 Å². The Hall–Kier alpha value is -0.0151. The highest BCUT2D eigenvalue weighted by Crippen LogP contribution is 2.65. The third-order valence-corrected chi connectivity index (χ3v) is 5.34. The first-order valence-electron chi connectivity index (χ1n) is 7.31. The summed E-state index contributed by atoms with van der Waals surface area (Å²) in [7, 11) is 0.0511. The third-order valence-electron chi connectivity index (χ3n) is 5.34. The van der Waals surface area contributed by atoms with Crippen molar-refractivity contribution in [1.82, 2.24) is 0 Å². The smallest absolute Gasteiger partial charge is 0.405 e. The molecule has 3 saturated carbocycles. The molecular weight excluding hydrogens is 211 g/mol. The van der Waals surface area contributed by atoms with E-state index in [0.29, 0.717) is 17.4 Å². The minimum absolute atomic E-state index is 0.00106. The lowest BCUT2D eigenvalue weighted by Gasteiger charge is -2.64. The Kier molecular flexibility index (Phi) is 3.37. The zero-order chi connectivity index (χ0) is 12.8. The zero-order valence-corrected chi connectivity index (χ0v) is 12.2. The summed E-state index contributed by atoms with van der Waals surface area (Å²) in [5.41, 5.74) is 0.468. The van der Waals surface area contributed by atoms with Gasteiger partial charge in [0.2, 0.25) is 0 Å². The molecule has 0 aromatic rings. The minimum Gasteiger partial charge on any atom is -0.405 e. The third kappa shape index (κ3) is 1.69. The summed E-state index contributed by atoms with van der Waals surface area (Å²) in [5, 5.41) is 0. The molecule has 4 rings (SSSR count). The van der Waals surface area contributed by atoms with Crippen LogP contribution in [0.4, 0.5) is 0 Å². The first kappa shape index (κ1) is 13.4. The quantitative estimate of drug-likeness (QED) is 0.647. The molecule has 1 saturated heterocycles. The van der Waals surface area contributed by atoms with Gasteiger partial charge >= 0.3 is 7.12 Å². The first-order chi connectivity index (χ1) is 7.98. The predicted molar refractivity (Wildman–Crippen MR) is 71.9 cm³/mol. The van der Waals surface area contributed by atoms with Crippen molar-refractivity contribution in [3.8, 4) is 0 Å². The summed E-state index contributed by atoms with van der Waals surface area (Å²) in [4.78, 5) is 0. The Morgan fingerprint density at radius 1 is 1.18 bits per heavy atom. The van der Waals surface area contributed by atoms with Gasteiger partial charge < -0.3 is 9.31 Å². The summed E-state index contributed by atoms with van der Waals surface area (Å²) in [6, 6.07) is 0. The molecule has 17 heavy (non-hydrogen) atoms. The van der Waals surface area contributed by atoms with E-state index in [4.69, 9.17) is 9.31 Å². The minimum atomic E-state index is -0.00106. The Bertz CT molecular complexity index is 292. The molecule has 4 fully saturated rings. The molecule has 0 spiro atoms. The van der Waals surface area contributed by atoms with Crippen molar-refractivity contribution in [3.05, 3.63) is 0 Å². The standard InChI is InChI=1S/C12H21BO2.C2H6/c1-5-13-14-10-7-8-6-9(11(8,2)3)12(10,4)15-13;1-2/h8-10H,5-7H2,1-4H3;1-2H3. The highest BCUT2D eigenvalue weighted by Gasteiger charge is 2.67. The van der Waals surface area contributed by atoms with Crippen molar-refractivity contribution in [2.24, 2.45) is 17.3 Å². The first-order valence-corrected chi connectivity index (χ1v) is 7.31. The Morgan fingerprint density at radius 3 is 2.35 bits per heavy atom. The molecule has 0 radical (unpaired) electrons. The lowest BCUT2D eigenvalue weighted by atomic mass is 9.43. The fourth-order valence-electron chi connectivity index (χ4n) is 4.13. The molecule has 0 amide bonds. The second-order valence-corrected chi connectivity index (χ2v) is 6.31. The van der Waals surface area contributed by atoms with Crippen LogP contribution >= 0.6 is 0 Å². The van der Waals surface area contributed by atoms with Crippen molar-refractivity contribution in [2.45, 2.75) is 72.4 Å². The van der Waals surface area contributed by atoms with Crippen LogP contribution in [-0.2, 0) is 9.31 Å². The average Bonchev–Trinajstić information content (AvgIpc) is 2.67. The van der Waals surface area contributed by atoms with E-state index < -0.39 is 0 Å². The SMILES string of the molecule is CC.CCB1OC2CC3CC(C3(C)C)C2(C)O1. The molecule has 0 aromatic heterocycles. The van der Waals surface area contributed by atoms with Gasteiger partial charge in [0.15, 0.2) is 0 Å². The summed E-state index contributed by atoms with van der Waals surface area (Å²) in [5.74, 6) is 1.56. The summed E-state index contributed by atoms with van der Waals surface area (Å²) < 4.78 is 12.2. The highest BCUT2D eigenvalue weighted by atomic mass is 16.7. The van der Waals surface area contributed by atoms with E-state index in [2.05, 4.69) is 27.7 Å². The van der Waals surface area contributed by atoms with Gasteiger partial charge in [-0.1, -0.05) is 34.6 Å². The lowest BCUT2D eigenvalue weighted by Crippen LogP contribution is -2.65. The molecule has 2 nitrogen and oxygen atoms in total. The van der Waals surface area contributed by atoms with E-state index in [1.165, 1.54) is 12.8 Å². The van der Waals surface area contributed by atoms with Crippen LogP contribution in [0.5, 0.6) is 0 Å². The molecular formula is C14H27BO2. The zero-order valence-electron chi connectivity index (χ0n) is 12.2. The molecule has 1 aliphatic heterocycles. The van der Waals surface area contributed by atoms with Crippen LogP contribution in [0.15, 0.2) is 0 Å². The van der Waals surface area contributed by atoms with Crippen molar-refractivity contribution in [3.63, 3.8) is 0 Å². The van der Waals surface area contributed by atoms with Crippen LogP contribution < -0.4 is 0 Å². The van der Waals surface area contributed by atoms with Crippen molar-refractivity contribution in [1.29, 1.82) is 0 Å². The lowest BCUT2D eigenvalue weighted by molar-refractivity contribution is -0.199. The molecule has 3 heteroatoms. The van der Waals surface area contributed by atoms with Crippen LogP contribution in [0.25, 0.3) is 0 Å². The van der Waals surface area contributed by atoms with Gasteiger partial charge in [0.25, 0.3) is 0 Å².